The Morgan fingerprint density at radius 1 is 0.831 bits per heavy atom. The van der Waals surface area contributed by atoms with Crippen molar-refractivity contribution in [3.05, 3.63) is 93.7 Å². The average Bonchev–Trinajstić information content (AvgIpc) is 3.89. The summed E-state index contributed by atoms with van der Waals surface area (Å²) in [5.74, 6) is -0.0679. The van der Waals surface area contributed by atoms with Crippen LogP contribution in [-0.2, 0) is 47.0 Å². The fourth-order valence-electron chi connectivity index (χ4n) is 10.4. The van der Waals surface area contributed by atoms with E-state index in [0.29, 0.717) is 76.4 Å². The van der Waals surface area contributed by atoms with Gasteiger partial charge < -0.3 is 33.9 Å². The third kappa shape index (κ3) is 9.10. The Bertz CT molecular complexity index is 2470. The van der Waals surface area contributed by atoms with Crippen LogP contribution in [0.2, 0.25) is 0 Å². The van der Waals surface area contributed by atoms with E-state index in [0.717, 1.165) is 89.2 Å². The van der Waals surface area contributed by atoms with Gasteiger partial charge in [0.2, 0.25) is 17.7 Å². The monoisotopic (exact) mass is 904 g/mol. The summed E-state index contributed by atoms with van der Waals surface area (Å²) < 4.78 is 17.1. The standard InChI is InChI=1S/C50H60N6O8S/c1-4-32-28-36-38(50(2,3)47-45(46(36)59)35-8-5-6-10-39(35)51-47)29-41(32)54-16-14-33(15-17-54)53-18-20-55(21-19-53)44(58)31-64-25-24-62-22-23-63-26-27-65-42-11-7-9-34-37(42)30-56(49(34)61)40-12-13-43(57)52-48(40)60/h5-11,28-29,33,40,51H,4,12-27,30-31H2,1-3H3,(H,52,57,60). The third-order valence-corrected chi connectivity index (χ3v) is 15.1. The van der Waals surface area contributed by atoms with Crippen molar-refractivity contribution in [1.82, 2.24) is 25.0 Å². The van der Waals surface area contributed by atoms with Gasteiger partial charge in [-0.1, -0.05) is 45.0 Å². The number of amides is 4. The van der Waals surface area contributed by atoms with Crippen LogP contribution in [0.1, 0.15) is 95.1 Å². The molecule has 4 aromatic rings. The number of H-pyrrole nitrogens is 1. The van der Waals surface area contributed by atoms with E-state index in [4.69, 9.17) is 14.2 Å². The molecule has 15 heteroatoms. The molecule has 1 aromatic heterocycles. The van der Waals surface area contributed by atoms with Crippen LogP contribution in [0.25, 0.3) is 10.9 Å². The minimum absolute atomic E-state index is 0.0119. The number of nitrogens with one attached hydrogen (secondary N) is 2. The first-order chi connectivity index (χ1) is 31.5. The lowest BCUT2D eigenvalue weighted by Gasteiger charge is -2.44. The number of aromatic nitrogens is 1. The number of para-hydroxylation sites is 1. The number of carbonyl (C=O) groups is 5. The number of hydrogen-bond donors (Lipinski definition) is 2. The zero-order chi connectivity index (χ0) is 45.2. The molecule has 14 nitrogen and oxygen atoms in total. The number of benzene rings is 3. The van der Waals surface area contributed by atoms with Crippen LogP contribution in [0, 0.1) is 0 Å². The largest absolute Gasteiger partial charge is 0.378 e. The molecule has 0 radical (unpaired) electrons. The summed E-state index contributed by atoms with van der Waals surface area (Å²) in [5.41, 5.74) is 8.41. The quantitative estimate of drug-likeness (QED) is 0.0855. The van der Waals surface area contributed by atoms with Crippen LogP contribution in [-0.4, -0.2) is 146 Å². The molecular weight excluding hydrogens is 845 g/mol. The minimum atomic E-state index is -0.632. The molecule has 5 aliphatic rings. The minimum Gasteiger partial charge on any atom is -0.378 e. The molecule has 0 bridgehead atoms. The number of piperidine rings is 2. The summed E-state index contributed by atoms with van der Waals surface area (Å²) >= 11 is 1.61. The first-order valence-electron chi connectivity index (χ1n) is 23.3. The van der Waals surface area contributed by atoms with E-state index in [-0.39, 0.29) is 41.9 Å². The van der Waals surface area contributed by atoms with Crippen LogP contribution in [0.5, 0.6) is 0 Å². The van der Waals surface area contributed by atoms with Crippen LogP contribution in [0.3, 0.4) is 0 Å². The van der Waals surface area contributed by atoms with Gasteiger partial charge in [-0.3, -0.25) is 34.2 Å². The summed E-state index contributed by atoms with van der Waals surface area (Å²) in [6.45, 7) is 14.1. The van der Waals surface area contributed by atoms with Gasteiger partial charge in [-0.15, -0.1) is 11.8 Å². The number of aryl methyl sites for hydroxylation is 1. The van der Waals surface area contributed by atoms with Crippen molar-refractivity contribution in [1.29, 1.82) is 0 Å². The fourth-order valence-corrected chi connectivity index (χ4v) is 11.4. The number of hydrogen-bond acceptors (Lipinski definition) is 11. The molecule has 4 amide bonds. The number of anilines is 1. The van der Waals surface area contributed by atoms with Gasteiger partial charge in [0.1, 0.15) is 12.6 Å². The highest BCUT2D eigenvalue weighted by atomic mass is 32.2. The highest BCUT2D eigenvalue weighted by Gasteiger charge is 2.42. The van der Waals surface area contributed by atoms with Crippen LogP contribution < -0.4 is 10.2 Å². The van der Waals surface area contributed by atoms with E-state index >= 15 is 0 Å². The van der Waals surface area contributed by atoms with Crippen molar-refractivity contribution in [2.24, 2.45) is 0 Å². The molecule has 5 heterocycles. The molecular formula is C50H60N6O8S. The number of ether oxygens (including phenoxy) is 3. The number of rotatable bonds is 16. The van der Waals surface area contributed by atoms with E-state index < -0.39 is 11.9 Å². The fraction of sp³-hybridized carbons (Fsp3) is 0.500. The Balaban J connectivity index is 0.645. The number of nitrogens with zero attached hydrogens (tertiary/aromatic N) is 4. The number of carbonyl (C=O) groups excluding carboxylic acids is 5. The van der Waals surface area contributed by atoms with E-state index in [1.165, 1.54) is 11.3 Å². The molecule has 3 fully saturated rings. The van der Waals surface area contributed by atoms with Crippen molar-refractivity contribution in [2.75, 3.05) is 89.6 Å². The second kappa shape index (κ2) is 19.4. The van der Waals surface area contributed by atoms with Crippen molar-refractivity contribution in [2.45, 2.75) is 81.8 Å². The smallest absolute Gasteiger partial charge is 0.255 e. The number of ketones is 1. The molecule has 9 rings (SSSR count). The summed E-state index contributed by atoms with van der Waals surface area (Å²) in [6, 6.07) is 18.1. The summed E-state index contributed by atoms with van der Waals surface area (Å²) in [6.07, 6.45) is 3.55. The maximum absolute atomic E-state index is 14.0. The van der Waals surface area contributed by atoms with Crippen molar-refractivity contribution in [3.63, 3.8) is 0 Å². The number of thioether (sulfide) groups is 1. The molecule has 0 spiro atoms. The highest BCUT2D eigenvalue weighted by molar-refractivity contribution is 7.99. The number of aromatic amines is 1. The van der Waals surface area contributed by atoms with Gasteiger partial charge in [0.25, 0.3) is 5.91 Å². The van der Waals surface area contributed by atoms with E-state index in [1.54, 1.807) is 22.7 Å². The lowest BCUT2D eigenvalue weighted by molar-refractivity contribution is -0.139. The second-order valence-corrected chi connectivity index (χ2v) is 19.3. The SMILES string of the molecule is CCc1cc2c(cc1N1CCC(N3CCN(C(=O)COCCOCCOCCSc4cccc5c4CN(C4CCC(=O)NC4=O)C5=O)CC3)CC1)C(C)(C)c1[nH]c3ccccc3c1C2=O. The van der Waals surface area contributed by atoms with Crippen LogP contribution >= 0.6 is 11.8 Å². The topological polar surface area (TPSA) is 154 Å². The maximum atomic E-state index is 14.0. The van der Waals surface area contributed by atoms with Gasteiger partial charge in [0.05, 0.1) is 38.6 Å². The maximum Gasteiger partial charge on any atom is 0.255 e. The molecule has 1 aliphatic carbocycles. The zero-order valence-corrected chi connectivity index (χ0v) is 38.6. The lowest BCUT2D eigenvalue weighted by atomic mass is 9.70. The highest BCUT2D eigenvalue weighted by Crippen LogP contribution is 2.46. The normalized spacial score (nSPS) is 20.0. The summed E-state index contributed by atoms with van der Waals surface area (Å²) in [5, 5.41) is 3.35. The molecule has 1 atom stereocenters. The van der Waals surface area contributed by atoms with Gasteiger partial charge in [0, 0.05) is 108 Å². The molecule has 3 saturated heterocycles. The zero-order valence-electron chi connectivity index (χ0n) is 37.7. The van der Waals surface area contributed by atoms with Crippen molar-refractivity contribution < 1.29 is 38.2 Å². The Morgan fingerprint density at radius 3 is 2.32 bits per heavy atom. The number of fused-ring (bicyclic) bond motifs is 5. The Kier molecular flexibility index (Phi) is 13.5. The molecule has 3 aromatic carbocycles. The average molecular weight is 905 g/mol. The molecule has 344 valence electrons. The Labute approximate surface area is 384 Å². The lowest BCUT2D eigenvalue weighted by Crippen LogP contribution is -2.55. The molecule has 1 unspecified atom stereocenters. The van der Waals surface area contributed by atoms with Crippen molar-refractivity contribution >= 4 is 57.8 Å². The number of piperazine rings is 1. The first-order valence-corrected chi connectivity index (χ1v) is 24.2. The first kappa shape index (κ1) is 45.1. The Morgan fingerprint density at radius 2 is 1.57 bits per heavy atom. The predicted octanol–water partition coefficient (Wildman–Crippen LogP) is 5.32. The van der Waals surface area contributed by atoms with Crippen LogP contribution in [0.4, 0.5) is 5.69 Å². The third-order valence-electron chi connectivity index (χ3n) is 14.1. The van der Waals surface area contributed by atoms with E-state index in [1.807, 2.05) is 35.2 Å². The predicted molar refractivity (Wildman–Crippen MR) is 249 cm³/mol. The van der Waals surface area contributed by atoms with Crippen LogP contribution in [0.15, 0.2) is 59.5 Å². The second-order valence-electron chi connectivity index (χ2n) is 18.2. The molecule has 65 heavy (non-hydrogen) atoms. The van der Waals surface area contributed by atoms with E-state index in [2.05, 4.69) is 59.1 Å². The number of imide groups is 1. The molecule has 4 aliphatic heterocycles. The van der Waals surface area contributed by atoms with Gasteiger partial charge in [-0.2, -0.15) is 0 Å². The Hall–Kier alpha value is -5.06. The van der Waals surface area contributed by atoms with Gasteiger partial charge >= 0.3 is 0 Å². The van der Waals surface area contributed by atoms with Gasteiger partial charge in [-0.05, 0) is 72.7 Å². The molecule has 2 N–H and O–H groups in total. The van der Waals surface area contributed by atoms with Gasteiger partial charge in [0.15, 0.2) is 5.78 Å². The van der Waals surface area contributed by atoms with E-state index in [9.17, 15) is 24.0 Å². The molecule has 0 saturated carbocycles. The summed E-state index contributed by atoms with van der Waals surface area (Å²) in [4.78, 5) is 77.3. The summed E-state index contributed by atoms with van der Waals surface area (Å²) in [7, 11) is 0. The van der Waals surface area contributed by atoms with Crippen molar-refractivity contribution in [3.8, 4) is 0 Å². The van der Waals surface area contributed by atoms with Gasteiger partial charge in [-0.25, -0.2) is 0 Å².